The Labute approximate surface area is 101 Å². The molecule has 0 bridgehead atoms. The van der Waals surface area contributed by atoms with Gasteiger partial charge in [-0.1, -0.05) is 0 Å². The van der Waals surface area contributed by atoms with Crippen LogP contribution in [0.5, 0.6) is 0 Å². The van der Waals surface area contributed by atoms with Crippen LogP contribution in [0.3, 0.4) is 0 Å². The van der Waals surface area contributed by atoms with Crippen molar-refractivity contribution in [2.75, 3.05) is 13.2 Å². The average Bonchev–Trinajstić information content (AvgIpc) is 2.79. The first kappa shape index (κ1) is 11.9. The van der Waals surface area contributed by atoms with E-state index < -0.39 is 0 Å². The zero-order valence-corrected chi connectivity index (χ0v) is 10.1. The highest BCUT2D eigenvalue weighted by molar-refractivity contribution is 5.91. The Hall–Kier alpha value is -1.55. The number of nitrogens with zero attached hydrogens (tertiary/aromatic N) is 1. The van der Waals surface area contributed by atoms with Crippen molar-refractivity contribution in [3.05, 3.63) is 30.2 Å². The molecular weight excluding hydrogens is 218 g/mol. The van der Waals surface area contributed by atoms with E-state index in [-0.39, 0.29) is 18.0 Å². The van der Waals surface area contributed by atoms with E-state index >= 15 is 0 Å². The molecule has 0 unspecified atom stereocenters. The van der Waals surface area contributed by atoms with Gasteiger partial charge in [0.25, 0.3) is 0 Å². The average molecular weight is 235 g/mol. The van der Waals surface area contributed by atoms with Gasteiger partial charge in [-0.05, 0) is 32.1 Å². The molecule has 2 heterocycles. The van der Waals surface area contributed by atoms with Crippen LogP contribution in [0.25, 0.3) is 6.08 Å². The summed E-state index contributed by atoms with van der Waals surface area (Å²) in [5, 5.41) is 0. The minimum Gasteiger partial charge on any atom is -0.465 e. The van der Waals surface area contributed by atoms with Gasteiger partial charge < -0.3 is 14.1 Å². The molecule has 2 rings (SSSR count). The zero-order valence-electron chi connectivity index (χ0n) is 10.1. The number of hydrogen-bond acceptors (Lipinski definition) is 3. The summed E-state index contributed by atoms with van der Waals surface area (Å²) in [6.45, 7) is 5.19. The zero-order chi connectivity index (χ0) is 12.3. The van der Waals surface area contributed by atoms with E-state index in [2.05, 4.69) is 0 Å². The van der Waals surface area contributed by atoms with E-state index in [4.69, 9.17) is 9.15 Å². The monoisotopic (exact) mass is 235 g/mol. The van der Waals surface area contributed by atoms with Crippen molar-refractivity contribution < 1.29 is 13.9 Å². The predicted octanol–water partition coefficient (Wildman–Crippen LogP) is 1.93. The predicted molar refractivity (Wildman–Crippen MR) is 64.3 cm³/mol. The first-order valence-corrected chi connectivity index (χ1v) is 5.80. The van der Waals surface area contributed by atoms with Gasteiger partial charge in [-0.25, -0.2) is 0 Å². The fourth-order valence-electron chi connectivity index (χ4n) is 2.06. The maximum absolute atomic E-state index is 12.1. The molecule has 1 amide bonds. The molecule has 1 aliphatic rings. The molecule has 0 N–H and O–H groups in total. The molecule has 0 spiro atoms. The van der Waals surface area contributed by atoms with Crippen molar-refractivity contribution in [2.45, 2.75) is 25.9 Å². The lowest BCUT2D eigenvalue weighted by Crippen LogP contribution is -2.51. The van der Waals surface area contributed by atoms with Gasteiger partial charge in [-0.15, -0.1) is 0 Å². The molecule has 0 aromatic carbocycles. The highest BCUT2D eigenvalue weighted by Gasteiger charge is 2.28. The Morgan fingerprint density at radius 1 is 1.41 bits per heavy atom. The summed E-state index contributed by atoms with van der Waals surface area (Å²) < 4.78 is 10.5. The smallest absolute Gasteiger partial charge is 0.247 e. The van der Waals surface area contributed by atoms with E-state index in [0.717, 1.165) is 0 Å². The second-order valence-corrected chi connectivity index (χ2v) is 4.33. The van der Waals surface area contributed by atoms with Gasteiger partial charge in [-0.2, -0.15) is 0 Å². The molecule has 92 valence electrons. The SMILES string of the molecule is C[C@@H]1COC[C@H](C)N1C(=O)/C=C/c1ccco1. The summed E-state index contributed by atoms with van der Waals surface area (Å²) in [5.74, 6) is 0.691. The van der Waals surface area contributed by atoms with Gasteiger partial charge in [0.2, 0.25) is 5.91 Å². The van der Waals surface area contributed by atoms with Crippen LogP contribution in [0, 0.1) is 0 Å². The molecule has 1 aromatic heterocycles. The highest BCUT2D eigenvalue weighted by Crippen LogP contribution is 2.14. The fraction of sp³-hybridized carbons (Fsp3) is 0.462. The van der Waals surface area contributed by atoms with E-state index in [1.165, 1.54) is 0 Å². The number of hydrogen-bond donors (Lipinski definition) is 0. The fourth-order valence-corrected chi connectivity index (χ4v) is 2.06. The lowest BCUT2D eigenvalue weighted by molar-refractivity contribution is -0.138. The van der Waals surface area contributed by atoms with Gasteiger partial charge in [0.1, 0.15) is 5.76 Å². The third-order valence-corrected chi connectivity index (χ3v) is 2.86. The number of rotatable bonds is 2. The standard InChI is InChI=1S/C13H17NO3/c1-10-8-16-9-11(2)14(10)13(15)6-5-12-4-3-7-17-12/h3-7,10-11H,8-9H2,1-2H3/b6-5+/t10-,11+. The summed E-state index contributed by atoms with van der Waals surface area (Å²) in [6.07, 6.45) is 4.83. The van der Waals surface area contributed by atoms with E-state index in [1.807, 2.05) is 24.8 Å². The van der Waals surface area contributed by atoms with Crippen LogP contribution in [-0.4, -0.2) is 36.1 Å². The topological polar surface area (TPSA) is 42.7 Å². The van der Waals surface area contributed by atoms with Crippen molar-refractivity contribution in [2.24, 2.45) is 0 Å². The molecule has 2 atom stereocenters. The molecule has 17 heavy (non-hydrogen) atoms. The van der Waals surface area contributed by atoms with Crippen LogP contribution in [0.1, 0.15) is 19.6 Å². The molecule has 4 nitrogen and oxygen atoms in total. The van der Waals surface area contributed by atoms with Crippen LogP contribution >= 0.6 is 0 Å². The van der Waals surface area contributed by atoms with Gasteiger partial charge in [0.15, 0.2) is 0 Å². The molecule has 0 radical (unpaired) electrons. The number of ether oxygens (including phenoxy) is 1. The molecule has 4 heteroatoms. The summed E-state index contributed by atoms with van der Waals surface area (Å²) >= 11 is 0. The van der Waals surface area contributed by atoms with Crippen LogP contribution in [0.2, 0.25) is 0 Å². The minimum absolute atomic E-state index is 0.00435. The maximum atomic E-state index is 12.1. The molecular formula is C13H17NO3. The highest BCUT2D eigenvalue weighted by atomic mass is 16.5. The number of carbonyl (C=O) groups excluding carboxylic acids is 1. The van der Waals surface area contributed by atoms with Crippen molar-refractivity contribution in [1.29, 1.82) is 0 Å². The second kappa shape index (κ2) is 5.19. The van der Waals surface area contributed by atoms with Crippen molar-refractivity contribution in [1.82, 2.24) is 4.90 Å². The number of furan rings is 1. The van der Waals surface area contributed by atoms with Crippen molar-refractivity contribution in [3.63, 3.8) is 0 Å². The van der Waals surface area contributed by atoms with Crippen LogP contribution in [-0.2, 0) is 9.53 Å². The number of amides is 1. The Morgan fingerprint density at radius 3 is 2.71 bits per heavy atom. The molecule has 0 saturated carbocycles. The normalized spacial score (nSPS) is 25.4. The van der Waals surface area contributed by atoms with Crippen molar-refractivity contribution in [3.8, 4) is 0 Å². The molecule has 1 fully saturated rings. The molecule has 1 aromatic rings. The van der Waals surface area contributed by atoms with Gasteiger partial charge in [-0.3, -0.25) is 4.79 Å². The quantitative estimate of drug-likeness (QED) is 0.736. The third kappa shape index (κ3) is 2.77. The van der Waals surface area contributed by atoms with E-state index in [9.17, 15) is 4.79 Å². The van der Waals surface area contributed by atoms with Gasteiger partial charge >= 0.3 is 0 Å². The maximum Gasteiger partial charge on any atom is 0.247 e. The van der Waals surface area contributed by atoms with E-state index in [1.54, 1.807) is 24.5 Å². The lowest BCUT2D eigenvalue weighted by Gasteiger charge is -2.38. The third-order valence-electron chi connectivity index (χ3n) is 2.86. The summed E-state index contributed by atoms with van der Waals surface area (Å²) in [4.78, 5) is 13.9. The van der Waals surface area contributed by atoms with Crippen LogP contribution in [0.15, 0.2) is 28.9 Å². The Bertz CT molecular complexity index is 387. The first-order valence-electron chi connectivity index (χ1n) is 5.80. The molecule has 1 aliphatic heterocycles. The van der Waals surface area contributed by atoms with E-state index in [0.29, 0.717) is 19.0 Å². The summed E-state index contributed by atoms with van der Waals surface area (Å²) in [7, 11) is 0. The Kier molecular flexibility index (Phi) is 3.64. The lowest BCUT2D eigenvalue weighted by atomic mass is 10.1. The summed E-state index contributed by atoms with van der Waals surface area (Å²) in [6, 6.07) is 3.85. The number of morpholine rings is 1. The van der Waals surface area contributed by atoms with Crippen molar-refractivity contribution >= 4 is 12.0 Å². The largest absolute Gasteiger partial charge is 0.465 e. The summed E-state index contributed by atoms with van der Waals surface area (Å²) in [5.41, 5.74) is 0. The van der Waals surface area contributed by atoms with Crippen LogP contribution in [0.4, 0.5) is 0 Å². The van der Waals surface area contributed by atoms with Crippen LogP contribution < -0.4 is 0 Å². The molecule has 1 saturated heterocycles. The first-order chi connectivity index (χ1) is 8.18. The Balaban J connectivity index is 2.03. The molecule has 0 aliphatic carbocycles. The minimum atomic E-state index is 0.00435. The van der Waals surface area contributed by atoms with Gasteiger partial charge in [0.05, 0.1) is 31.6 Å². The van der Waals surface area contributed by atoms with Gasteiger partial charge in [0, 0.05) is 6.08 Å². The Morgan fingerprint density at radius 2 is 2.12 bits per heavy atom. The number of carbonyl (C=O) groups is 1. The second-order valence-electron chi connectivity index (χ2n) is 4.33.